The number of nitrogens with two attached hydrogens (primary N) is 1. The van der Waals surface area contributed by atoms with Gasteiger partial charge in [-0.15, -0.1) is 0 Å². The van der Waals surface area contributed by atoms with Crippen LogP contribution in [0.5, 0.6) is 0 Å². The molecule has 2 nitrogen and oxygen atoms in total. The van der Waals surface area contributed by atoms with Gasteiger partial charge in [0.15, 0.2) is 0 Å². The summed E-state index contributed by atoms with van der Waals surface area (Å²) in [6, 6.07) is 18.8. The predicted octanol–water partition coefficient (Wildman–Crippen LogP) is 3.63. The van der Waals surface area contributed by atoms with Crippen LogP contribution in [0.1, 0.15) is 23.5 Å². The van der Waals surface area contributed by atoms with E-state index in [-0.39, 0.29) is 0 Å². The smallest absolute Gasteiger partial charge is 0.0468 e. The molecule has 0 saturated carbocycles. The van der Waals surface area contributed by atoms with Crippen molar-refractivity contribution in [3.05, 3.63) is 65.7 Å². The van der Waals surface area contributed by atoms with Crippen LogP contribution in [-0.2, 0) is 11.2 Å². The third kappa shape index (κ3) is 4.11. The lowest BCUT2D eigenvalue weighted by Crippen LogP contribution is -2.06. The average molecular weight is 255 g/mol. The Morgan fingerprint density at radius 3 is 2.32 bits per heavy atom. The minimum absolute atomic E-state index is 0.491. The van der Waals surface area contributed by atoms with Crippen LogP contribution in [0, 0.1) is 0 Å². The van der Waals surface area contributed by atoms with Crippen molar-refractivity contribution in [3.8, 4) is 0 Å². The maximum atomic E-state index is 5.73. The molecule has 0 bridgehead atoms. The van der Waals surface area contributed by atoms with Crippen molar-refractivity contribution in [2.75, 3.05) is 19.5 Å². The van der Waals surface area contributed by atoms with Gasteiger partial charge in [0.25, 0.3) is 0 Å². The number of hydrogen-bond acceptors (Lipinski definition) is 2. The van der Waals surface area contributed by atoms with Crippen molar-refractivity contribution in [3.63, 3.8) is 0 Å². The van der Waals surface area contributed by atoms with Crippen LogP contribution in [0.3, 0.4) is 0 Å². The number of hydrogen-bond donors (Lipinski definition) is 1. The van der Waals surface area contributed by atoms with E-state index in [1.54, 1.807) is 7.11 Å². The Morgan fingerprint density at radius 2 is 1.68 bits per heavy atom. The first-order chi connectivity index (χ1) is 9.29. The summed E-state index contributed by atoms with van der Waals surface area (Å²) in [7, 11) is 1.76. The molecule has 2 aromatic rings. The molecular weight excluding hydrogens is 234 g/mol. The molecule has 100 valence electrons. The fourth-order valence-corrected chi connectivity index (χ4v) is 2.31. The second kappa shape index (κ2) is 6.95. The molecule has 0 aliphatic carbocycles. The number of benzene rings is 2. The molecular formula is C17H21NO. The van der Waals surface area contributed by atoms with Crippen LogP contribution in [0.25, 0.3) is 0 Å². The van der Waals surface area contributed by atoms with E-state index in [1.165, 1.54) is 11.1 Å². The highest BCUT2D eigenvalue weighted by Gasteiger charge is 2.12. The molecule has 0 aliphatic rings. The van der Waals surface area contributed by atoms with Crippen LogP contribution in [0.4, 0.5) is 5.69 Å². The van der Waals surface area contributed by atoms with E-state index >= 15 is 0 Å². The summed E-state index contributed by atoms with van der Waals surface area (Å²) in [6.45, 7) is 0.786. The maximum absolute atomic E-state index is 5.73. The van der Waals surface area contributed by atoms with Crippen LogP contribution < -0.4 is 5.73 Å². The van der Waals surface area contributed by atoms with Crippen molar-refractivity contribution in [2.45, 2.75) is 18.8 Å². The first-order valence-electron chi connectivity index (χ1n) is 6.68. The SMILES string of the molecule is COCCC(Cc1ccc(N)cc1)c1ccccc1. The van der Waals surface area contributed by atoms with E-state index < -0.39 is 0 Å². The van der Waals surface area contributed by atoms with Gasteiger partial charge in [0.1, 0.15) is 0 Å². The van der Waals surface area contributed by atoms with Gasteiger partial charge in [-0.05, 0) is 42.0 Å². The summed E-state index contributed by atoms with van der Waals surface area (Å²) in [5.41, 5.74) is 9.24. The van der Waals surface area contributed by atoms with Crippen LogP contribution in [-0.4, -0.2) is 13.7 Å². The zero-order valence-electron chi connectivity index (χ0n) is 11.4. The highest BCUT2D eigenvalue weighted by molar-refractivity contribution is 5.39. The lowest BCUT2D eigenvalue weighted by atomic mass is 9.89. The molecule has 0 heterocycles. The molecule has 0 spiro atoms. The number of ether oxygens (including phenoxy) is 1. The molecule has 0 aromatic heterocycles. The molecule has 0 aliphatic heterocycles. The van der Waals surface area contributed by atoms with Gasteiger partial charge >= 0.3 is 0 Å². The lowest BCUT2D eigenvalue weighted by Gasteiger charge is -2.17. The molecule has 1 unspecified atom stereocenters. The molecule has 0 radical (unpaired) electrons. The van der Waals surface area contributed by atoms with Crippen LogP contribution in [0.2, 0.25) is 0 Å². The number of nitrogen functional groups attached to an aromatic ring is 1. The summed E-state index contributed by atoms with van der Waals surface area (Å²) in [6.07, 6.45) is 2.05. The zero-order valence-corrected chi connectivity index (χ0v) is 11.4. The molecule has 1 atom stereocenters. The van der Waals surface area contributed by atoms with Crippen molar-refractivity contribution in [2.24, 2.45) is 0 Å². The minimum Gasteiger partial charge on any atom is -0.399 e. The summed E-state index contributed by atoms with van der Waals surface area (Å²) in [4.78, 5) is 0. The van der Waals surface area contributed by atoms with Gasteiger partial charge < -0.3 is 10.5 Å². The number of methoxy groups -OCH3 is 1. The first kappa shape index (κ1) is 13.6. The zero-order chi connectivity index (χ0) is 13.5. The number of anilines is 1. The molecule has 2 heteroatoms. The van der Waals surface area contributed by atoms with Gasteiger partial charge in [-0.25, -0.2) is 0 Å². The molecule has 0 amide bonds. The van der Waals surface area contributed by atoms with E-state index in [1.807, 2.05) is 12.1 Å². The Balaban J connectivity index is 2.11. The maximum Gasteiger partial charge on any atom is 0.0468 e. The largest absolute Gasteiger partial charge is 0.399 e. The summed E-state index contributed by atoms with van der Waals surface area (Å²) in [5, 5.41) is 0. The third-order valence-corrected chi connectivity index (χ3v) is 3.40. The van der Waals surface area contributed by atoms with Crippen LogP contribution in [0.15, 0.2) is 54.6 Å². The number of rotatable bonds is 6. The molecule has 2 N–H and O–H groups in total. The standard InChI is InChI=1S/C17H21NO/c1-19-12-11-16(15-5-3-2-4-6-15)13-14-7-9-17(18)10-8-14/h2-10,16H,11-13,18H2,1H3. The fourth-order valence-electron chi connectivity index (χ4n) is 2.31. The Kier molecular flexibility index (Phi) is 4.99. The molecule has 2 aromatic carbocycles. The van der Waals surface area contributed by atoms with Gasteiger partial charge in [-0.3, -0.25) is 0 Å². The van der Waals surface area contributed by atoms with E-state index in [4.69, 9.17) is 10.5 Å². The van der Waals surface area contributed by atoms with Gasteiger partial charge in [0.05, 0.1) is 0 Å². The Labute approximate surface area is 115 Å². The van der Waals surface area contributed by atoms with Crippen molar-refractivity contribution >= 4 is 5.69 Å². The molecule has 2 rings (SSSR count). The second-order valence-corrected chi connectivity index (χ2v) is 4.83. The fraction of sp³-hybridized carbons (Fsp3) is 0.294. The van der Waals surface area contributed by atoms with E-state index in [2.05, 4.69) is 42.5 Å². The molecule has 19 heavy (non-hydrogen) atoms. The molecule has 0 saturated heterocycles. The van der Waals surface area contributed by atoms with Gasteiger partial charge in [-0.2, -0.15) is 0 Å². The van der Waals surface area contributed by atoms with Gasteiger partial charge in [-0.1, -0.05) is 42.5 Å². The topological polar surface area (TPSA) is 35.2 Å². The average Bonchev–Trinajstić information content (AvgIpc) is 2.46. The first-order valence-corrected chi connectivity index (χ1v) is 6.68. The Morgan fingerprint density at radius 1 is 1.00 bits per heavy atom. The summed E-state index contributed by atoms with van der Waals surface area (Å²) < 4.78 is 5.23. The predicted molar refractivity (Wildman–Crippen MR) is 80.2 cm³/mol. The van der Waals surface area contributed by atoms with Gasteiger partial charge in [0, 0.05) is 19.4 Å². The van der Waals surface area contributed by atoms with Crippen molar-refractivity contribution in [1.29, 1.82) is 0 Å². The lowest BCUT2D eigenvalue weighted by molar-refractivity contribution is 0.187. The highest BCUT2D eigenvalue weighted by Crippen LogP contribution is 2.24. The summed E-state index contributed by atoms with van der Waals surface area (Å²) >= 11 is 0. The van der Waals surface area contributed by atoms with E-state index in [0.717, 1.165) is 25.1 Å². The summed E-state index contributed by atoms with van der Waals surface area (Å²) in [5.74, 6) is 0.491. The van der Waals surface area contributed by atoms with Crippen LogP contribution >= 0.6 is 0 Å². The van der Waals surface area contributed by atoms with Crippen molar-refractivity contribution < 1.29 is 4.74 Å². The normalized spacial score (nSPS) is 12.3. The Bertz CT molecular complexity index is 478. The van der Waals surface area contributed by atoms with E-state index in [0.29, 0.717) is 5.92 Å². The van der Waals surface area contributed by atoms with Crippen molar-refractivity contribution in [1.82, 2.24) is 0 Å². The quantitative estimate of drug-likeness (QED) is 0.800. The minimum atomic E-state index is 0.491. The highest BCUT2D eigenvalue weighted by atomic mass is 16.5. The third-order valence-electron chi connectivity index (χ3n) is 3.40. The van der Waals surface area contributed by atoms with E-state index in [9.17, 15) is 0 Å². The van der Waals surface area contributed by atoms with Gasteiger partial charge in [0.2, 0.25) is 0 Å². The second-order valence-electron chi connectivity index (χ2n) is 4.83. The molecule has 0 fully saturated rings. The monoisotopic (exact) mass is 255 g/mol. The Hall–Kier alpha value is -1.80.